The van der Waals surface area contributed by atoms with Crippen molar-refractivity contribution in [2.75, 3.05) is 6.54 Å². The molecule has 0 aromatic carbocycles. The second-order valence-corrected chi connectivity index (χ2v) is 4.83. The van der Waals surface area contributed by atoms with Crippen molar-refractivity contribution in [3.63, 3.8) is 0 Å². The van der Waals surface area contributed by atoms with Gasteiger partial charge in [0.1, 0.15) is 0 Å². The van der Waals surface area contributed by atoms with Crippen molar-refractivity contribution in [2.24, 2.45) is 10.9 Å². The first-order chi connectivity index (χ1) is 5.17. The second kappa shape index (κ2) is 3.64. The van der Waals surface area contributed by atoms with Crippen molar-refractivity contribution >= 4 is 20.3 Å². The molecule has 6 N–H and O–H groups in total. The van der Waals surface area contributed by atoms with Crippen molar-refractivity contribution in [3.05, 3.63) is 0 Å². The highest BCUT2D eigenvalue weighted by molar-refractivity contribution is 7.90. The maximum absolute atomic E-state index is 10.3. The lowest BCUT2D eigenvalue weighted by atomic mass is 10.7. The van der Waals surface area contributed by atoms with Crippen LogP contribution in [0.25, 0.3) is 0 Å². The van der Waals surface area contributed by atoms with E-state index in [1.807, 2.05) is 0 Å². The third-order valence-corrected chi connectivity index (χ3v) is 2.66. The summed E-state index contributed by atoms with van der Waals surface area (Å²) in [6.45, 7) is -0.602. The van der Waals surface area contributed by atoms with Crippen LogP contribution in [0.2, 0.25) is 0 Å². The Bertz CT molecular complexity index is 330. The van der Waals surface area contributed by atoms with E-state index in [1.54, 1.807) is 0 Å². The lowest BCUT2D eigenvalue weighted by Crippen LogP contribution is -2.47. The molecule has 12 heavy (non-hydrogen) atoms. The molecule has 1 atom stereocenters. The average Bonchev–Trinajstić information content (AvgIpc) is 1.78. The Morgan fingerprint density at radius 2 is 1.75 bits per heavy atom. The molecule has 0 fully saturated rings. The molecule has 0 saturated heterocycles. The van der Waals surface area contributed by atoms with Crippen molar-refractivity contribution in [1.29, 1.82) is 0 Å². The highest BCUT2D eigenvalue weighted by Crippen LogP contribution is 1.92. The maximum atomic E-state index is 10.3. The predicted octanol–water partition coefficient (Wildman–Crippen LogP) is -3.05. The number of hydrogen-bond donors (Lipinski definition) is 4. The predicted molar refractivity (Wildman–Crippen MR) is 40.6 cm³/mol. The number of nitrogens with two attached hydrogens (primary N) is 2. The molecule has 0 saturated carbocycles. The van der Waals surface area contributed by atoms with E-state index in [4.69, 9.17) is 10.3 Å². The molecule has 0 amide bonds. The summed E-state index contributed by atoms with van der Waals surface area (Å²) in [6.07, 6.45) is 0. The van der Waals surface area contributed by atoms with E-state index in [9.17, 15) is 16.8 Å². The summed E-state index contributed by atoms with van der Waals surface area (Å²) in [6, 6.07) is 0. The molecule has 0 aromatic heterocycles. The molecule has 0 heterocycles. The van der Waals surface area contributed by atoms with Gasteiger partial charge in [-0.25, -0.2) is 5.14 Å². The van der Waals surface area contributed by atoms with Crippen LogP contribution in [0, 0.1) is 0 Å². The van der Waals surface area contributed by atoms with Crippen LogP contribution in [0.4, 0.5) is 0 Å². The van der Waals surface area contributed by atoms with Crippen molar-refractivity contribution in [2.45, 2.75) is 5.37 Å². The van der Waals surface area contributed by atoms with Gasteiger partial charge in [-0.1, -0.05) is 0 Å². The van der Waals surface area contributed by atoms with Gasteiger partial charge < -0.3 is 5.73 Å². The second-order valence-electron chi connectivity index (χ2n) is 1.90. The topological polar surface area (TPSA) is 153 Å². The lowest BCUT2D eigenvalue weighted by molar-refractivity contribution is 0.461. The first-order valence-electron chi connectivity index (χ1n) is 2.63. The molecule has 0 aliphatic rings. The zero-order valence-electron chi connectivity index (χ0n) is 5.84. The molecule has 0 spiro atoms. The standard InChI is InChI=1S/C2H9N3O5S2/c3-1-2(11(6,7)8)5-12(4,9)10/h2,5H,1,3H2,(H2,4,9,10)(H,6,7,8). The largest absolute Gasteiger partial charge is 0.328 e. The van der Waals surface area contributed by atoms with Crippen LogP contribution in [-0.4, -0.2) is 33.3 Å². The fraction of sp³-hybridized carbons (Fsp3) is 1.00. The Hall–Kier alpha value is -0.260. The summed E-state index contributed by atoms with van der Waals surface area (Å²) in [7, 11) is -8.73. The van der Waals surface area contributed by atoms with Crippen LogP contribution < -0.4 is 15.6 Å². The quantitative estimate of drug-likeness (QED) is 0.368. The number of rotatable bonds is 4. The maximum Gasteiger partial charge on any atom is 0.283 e. The molecule has 0 radical (unpaired) electrons. The fourth-order valence-corrected chi connectivity index (χ4v) is 2.01. The van der Waals surface area contributed by atoms with Gasteiger partial charge in [0.2, 0.25) is 0 Å². The summed E-state index contributed by atoms with van der Waals surface area (Å²) >= 11 is 0. The molecule has 8 nitrogen and oxygen atoms in total. The Kier molecular flexibility index (Phi) is 3.56. The van der Waals surface area contributed by atoms with E-state index in [2.05, 4.69) is 5.14 Å². The van der Waals surface area contributed by atoms with Crippen molar-refractivity contribution in [3.8, 4) is 0 Å². The van der Waals surface area contributed by atoms with Gasteiger partial charge in [-0.05, 0) is 0 Å². The highest BCUT2D eigenvalue weighted by atomic mass is 32.2. The first-order valence-corrected chi connectivity index (χ1v) is 5.68. The van der Waals surface area contributed by atoms with Gasteiger partial charge in [-0.2, -0.15) is 21.6 Å². The van der Waals surface area contributed by atoms with Gasteiger partial charge in [0, 0.05) is 6.54 Å². The van der Waals surface area contributed by atoms with Gasteiger partial charge >= 0.3 is 0 Å². The van der Waals surface area contributed by atoms with Crippen LogP contribution >= 0.6 is 0 Å². The minimum absolute atomic E-state index is 0.602. The van der Waals surface area contributed by atoms with E-state index < -0.39 is 32.2 Å². The van der Waals surface area contributed by atoms with Gasteiger partial charge in [0.25, 0.3) is 20.3 Å². The van der Waals surface area contributed by atoms with Crippen LogP contribution in [0.1, 0.15) is 0 Å². The van der Waals surface area contributed by atoms with Crippen LogP contribution in [-0.2, 0) is 20.3 Å². The molecule has 74 valence electrons. The molecule has 0 aliphatic carbocycles. The Balaban J connectivity index is 4.64. The van der Waals surface area contributed by atoms with E-state index in [0.29, 0.717) is 0 Å². The third kappa shape index (κ3) is 4.58. The molecular formula is C2H9N3O5S2. The number of hydrogen-bond acceptors (Lipinski definition) is 5. The summed E-state index contributed by atoms with van der Waals surface area (Å²) in [5.74, 6) is 0. The Morgan fingerprint density at radius 3 is 1.83 bits per heavy atom. The first kappa shape index (κ1) is 11.7. The SMILES string of the molecule is NCC(NS(N)(=O)=O)S(=O)(=O)O. The van der Waals surface area contributed by atoms with Gasteiger partial charge in [0.15, 0.2) is 5.37 Å². The lowest BCUT2D eigenvalue weighted by Gasteiger charge is -2.10. The zero-order valence-corrected chi connectivity index (χ0v) is 7.47. The summed E-state index contributed by atoms with van der Waals surface area (Å²) in [4.78, 5) is 0. The van der Waals surface area contributed by atoms with E-state index in [-0.39, 0.29) is 0 Å². The smallest absolute Gasteiger partial charge is 0.283 e. The summed E-state index contributed by atoms with van der Waals surface area (Å²) in [5.41, 5.74) is 4.84. The molecule has 1 unspecified atom stereocenters. The average molecular weight is 219 g/mol. The summed E-state index contributed by atoms with van der Waals surface area (Å²) < 4.78 is 51.0. The zero-order chi connectivity index (χ0) is 9.99. The molecule has 0 aromatic rings. The Morgan fingerprint density at radius 1 is 1.33 bits per heavy atom. The monoisotopic (exact) mass is 219 g/mol. The third-order valence-electron chi connectivity index (χ3n) is 0.869. The summed E-state index contributed by atoms with van der Waals surface area (Å²) in [5, 5.41) is 2.64. The molecule has 10 heteroatoms. The van der Waals surface area contributed by atoms with Crippen LogP contribution in [0.15, 0.2) is 0 Å². The van der Waals surface area contributed by atoms with Crippen LogP contribution in [0.3, 0.4) is 0 Å². The van der Waals surface area contributed by atoms with Crippen molar-refractivity contribution < 1.29 is 21.4 Å². The minimum Gasteiger partial charge on any atom is -0.328 e. The van der Waals surface area contributed by atoms with E-state index in [0.717, 1.165) is 0 Å². The van der Waals surface area contributed by atoms with Gasteiger partial charge in [-0.3, -0.25) is 4.55 Å². The van der Waals surface area contributed by atoms with E-state index in [1.165, 1.54) is 4.72 Å². The van der Waals surface area contributed by atoms with Crippen molar-refractivity contribution in [1.82, 2.24) is 4.72 Å². The van der Waals surface area contributed by atoms with Gasteiger partial charge in [0.05, 0.1) is 0 Å². The molecule has 0 aliphatic heterocycles. The highest BCUT2D eigenvalue weighted by Gasteiger charge is 2.24. The number of nitrogens with one attached hydrogen (secondary N) is 1. The Labute approximate surface area is 69.9 Å². The molecular weight excluding hydrogens is 210 g/mol. The van der Waals surface area contributed by atoms with E-state index >= 15 is 0 Å². The fourth-order valence-electron chi connectivity index (χ4n) is 0.414. The minimum atomic E-state index is -4.54. The van der Waals surface area contributed by atoms with Gasteiger partial charge in [-0.15, -0.1) is 0 Å². The normalized spacial score (nSPS) is 15.9. The van der Waals surface area contributed by atoms with Crippen LogP contribution in [0.5, 0.6) is 0 Å². The molecule has 0 bridgehead atoms. The molecule has 0 rings (SSSR count).